The van der Waals surface area contributed by atoms with Crippen LogP contribution in [-0.4, -0.2) is 5.60 Å². The Morgan fingerprint density at radius 2 is 0.743 bits per heavy atom. The first-order chi connectivity index (χ1) is 17.0. The van der Waals surface area contributed by atoms with Crippen molar-refractivity contribution in [2.24, 2.45) is 0 Å². The van der Waals surface area contributed by atoms with Crippen LogP contribution in [0.25, 0.3) is 44.5 Å². The highest BCUT2D eigenvalue weighted by molar-refractivity contribution is 6.00. The second-order valence-corrected chi connectivity index (χ2v) is 9.73. The maximum absolute atomic E-state index is 6.90. The SMILES string of the molecule is CC(C)(C)Oc1c(-c2ccccc2)c(-c2ccccc2)cc(-c2ccccc2)c1-c1ccccc1. The molecule has 0 unspecified atom stereocenters. The Balaban J connectivity index is 1.97. The summed E-state index contributed by atoms with van der Waals surface area (Å²) >= 11 is 0. The third kappa shape index (κ3) is 4.90. The van der Waals surface area contributed by atoms with E-state index in [1.807, 2.05) is 0 Å². The highest BCUT2D eigenvalue weighted by Crippen LogP contribution is 2.51. The van der Waals surface area contributed by atoms with E-state index in [-0.39, 0.29) is 5.60 Å². The van der Waals surface area contributed by atoms with Gasteiger partial charge in [0.2, 0.25) is 0 Å². The molecule has 0 N–H and O–H groups in total. The molecule has 1 nitrogen and oxygen atoms in total. The number of ether oxygens (including phenoxy) is 1. The molecule has 0 aliphatic heterocycles. The number of hydrogen-bond acceptors (Lipinski definition) is 1. The van der Waals surface area contributed by atoms with Gasteiger partial charge in [-0.25, -0.2) is 0 Å². The summed E-state index contributed by atoms with van der Waals surface area (Å²) in [5.41, 5.74) is 8.80. The Kier molecular flexibility index (Phi) is 6.25. The van der Waals surface area contributed by atoms with Crippen molar-refractivity contribution < 1.29 is 4.74 Å². The lowest BCUT2D eigenvalue weighted by atomic mass is 9.84. The van der Waals surface area contributed by atoms with Gasteiger partial charge >= 0.3 is 0 Å². The molecule has 0 radical (unpaired) electrons. The molecular formula is C34H30O. The van der Waals surface area contributed by atoms with Gasteiger partial charge in [0.25, 0.3) is 0 Å². The van der Waals surface area contributed by atoms with E-state index in [9.17, 15) is 0 Å². The van der Waals surface area contributed by atoms with Crippen LogP contribution in [0, 0.1) is 0 Å². The molecule has 0 atom stereocenters. The Bertz CT molecular complexity index is 1300. The lowest BCUT2D eigenvalue weighted by Gasteiger charge is -2.29. The molecule has 0 aliphatic carbocycles. The van der Waals surface area contributed by atoms with E-state index in [1.54, 1.807) is 0 Å². The fraction of sp³-hybridized carbons (Fsp3) is 0.118. The van der Waals surface area contributed by atoms with E-state index in [2.05, 4.69) is 148 Å². The van der Waals surface area contributed by atoms with Crippen molar-refractivity contribution in [1.82, 2.24) is 0 Å². The molecule has 0 aromatic heterocycles. The van der Waals surface area contributed by atoms with Crippen LogP contribution in [0.3, 0.4) is 0 Å². The molecule has 0 spiro atoms. The fourth-order valence-corrected chi connectivity index (χ4v) is 4.54. The van der Waals surface area contributed by atoms with Crippen molar-refractivity contribution in [3.8, 4) is 50.3 Å². The molecule has 0 bridgehead atoms. The zero-order chi connectivity index (χ0) is 24.3. The highest BCUT2D eigenvalue weighted by Gasteiger charge is 2.26. The Hall–Kier alpha value is -4.10. The molecule has 1 heteroatoms. The molecule has 5 aromatic carbocycles. The molecule has 0 saturated carbocycles. The van der Waals surface area contributed by atoms with Crippen molar-refractivity contribution in [3.63, 3.8) is 0 Å². The minimum atomic E-state index is -0.379. The van der Waals surface area contributed by atoms with Crippen molar-refractivity contribution in [2.75, 3.05) is 0 Å². The van der Waals surface area contributed by atoms with Crippen LogP contribution in [0.4, 0.5) is 0 Å². The zero-order valence-electron chi connectivity index (χ0n) is 20.5. The number of hydrogen-bond donors (Lipinski definition) is 0. The van der Waals surface area contributed by atoms with Gasteiger partial charge in [-0.3, -0.25) is 0 Å². The first-order valence-electron chi connectivity index (χ1n) is 12.1. The maximum Gasteiger partial charge on any atom is 0.136 e. The molecule has 35 heavy (non-hydrogen) atoms. The molecule has 5 rings (SSSR count). The predicted molar refractivity (Wildman–Crippen MR) is 149 cm³/mol. The standard InChI is InChI=1S/C34H30O/c1-34(2,3)35-33-31(27-20-12-6-13-21-27)29(25-16-8-4-9-17-25)24-30(26-18-10-5-11-19-26)32(33)28-22-14-7-15-23-28/h4-24H,1-3H3. The Morgan fingerprint density at radius 1 is 0.429 bits per heavy atom. The summed E-state index contributed by atoms with van der Waals surface area (Å²) in [5, 5.41) is 0. The molecule has 0 aliphatic rings. The summed E-state index contributed by atoms with van der Waals surface area (Å²) in [5.74, 6) is 0.912. The minimum Gasteiger partial charge on any atom is -0.487 e. The van der Waals surface area contributed by atoms with Crippen molar-refractivity contribution in [1.29, 1.82) is 0 Å². The summed E-state index contributed by atoms with van der Waals surface area (Å²) < 4.78 is 6.90. The number of benzene rings is 5. The Morgan fingerprint density at radius 3 is 1.06 bits per heavy atom. The molecule has 172 valence electrons. The summed E-state index contributed by atoms with van der Waals surface area (Å²) in [7, 11) is 0. The van der Waals surface area contributed by atoms with Gasteiger partial charge in [-0.15, -0.1) is 0 Å². The van der Waals surface area contributed by atoms with Crippen LogP contribution in [0.2, 0.25) is 0 Å². The largest absolute Gasteiger partial charge is 0.487 e. The second kappa shape index (κ2) is 9.64. The first-order valence-corrected chi connectivity index (χ1v) is 12.1. The van der Waals surface area contributed by atoms with Gasteiger partial charge in [0.1, 0.15) is 11.4 Å². The van der Waals surface area contributed by atoms with Gasteiger partial charge in [-0.1, -0.05) is 121 Å². The summed E-state index contributed by atoms with van der Waals surface area (Å²) in [6.45, 7) is 6.36. The molecule has 0 saturated heterocycles. The maximum atomic E-state index is 6.90. The summed E-state index contributed by atoms with van der Waals surface area (Å²) in [4.78, 5) is 0. The fourth-order valence-electron chi connectivity index (χ4n) is 4.54. The van der Waals surface area contributed by atoms with Gasteiger partial charge in [0, 0.05) is 11.1 Å². The second-order valence-electron chi connectivity index (χ2n) is 9.73. The lowest BCUT2D eigenvalue weighted by molar-refractivity contribution is 0.132. The Labute approximate surface area is 208 Å². The van der Waals surface area contributed by atoms with E-state index < -0.39 is 0 Å². The van der Waals surface area contributed by atoms with Crippen molar-refractivity contribution in [3.05, 3.63) is 127 Å². The lowest BCUT2D eigenvalue weighted by Crippen LogP contribution is -2.24. The van der Waals surface area contributed by atoms with Gasteiger partial charge in [-0.2, -0.15) is 0 Å². The van der Waals surface area contributed by atoms with Gasteiger partial charge < -0.3 is 4.74 Å². The van der Waals surface area contributed by atoms with E-state index in [1.165, 1.54) is 11.1 Å². The summed E-state index contributed by atoms with van der Waals surface area (Å²) in [6, 6.07) is 44.8. The van der Waals surface area contributed by atoms with Gasteiger partial charge in [-0.05, 0) is 60.2 Å². The topological polar surface area (TPSA) is 9.23 Å². The van der Waals surface area contributed by atoms with E-state index in [0.717, 1.165) is 39.1 Å². The quantitative estimate of drug-likeness (QED) is 0.257. The van der Waals surface area contributed by atoms with Crippen LogP contribution >= 0.6 is 0 Å². The smallest absolute Gasteiger partial charge is 0.136 e. The van der Waals surface area contributed by atoms with Crippen molar-refractivity contribution in [2.45, 2.75) is 26.4 Å². The monoisotopic (exact) mass is 454 g/mol. The third-order valence-corrected chi connectivity index (χ3v) is 5.98. The average molecular weight is 455 g/mol. The molecular weight excluding hydrogens is 424 g/mol. The first kappa shape index (κ1) is 22.7. The van der Waals surface area contributed by atoms with Gasteiger partial charge in [0.15, 0.2) is 0 Å². The van der Waals surface area contributed by atoms with Crippen LogP contribution in [0.15, 0.2) is 127 Å². The van der Waals surface area contributed by atoms with Crippen molar-refractivity contribution >= 4 is 0 Å². The third-order valence-electron chi connectivity index (χ3n) is 5.98. The van der Waals surface area contributed by atoms with Crippen LogP contribution in [-0.2, 0) is 0 Å². The number of rotatable bonds is 5. The van der Waals surface area contributed by atoms with E-state index in [4.69, 9.17) is 4.74 Å². The molecule has 0 heterocycles. The minimum absolute atomic E-state index is 0.379. The highest BCUT2D eigenvalue weighted by atomic mass is 16.5. The average Bonchev–Trinajstić information content (AvgIpc) is 2.89. The van der Waals surface area contributed by atoms with Crippen LogP contribution < -0.4 is 4.74 Å². The normalized spacial score (nSPS) is 11.3. The molecule has 0 fully saturated rings. The molecule has 5 aromatic rings. The zero-order valence-corrected chi connectivity index (χ0v) is 20.5. The van der Waals surface area contributed by atoms with E-state index >= 15 is 0 Å². The van der Waals surface area contributed by atoms with E-state index in [0.29, 0.717) is 0 Å². The molecule has 0 amide bonds. The van der Waals surface area contributed by atoms with Crippen LogP contribution in [0.5, 0.6) is 5.75 Å². The van der Waals surface area contributed by atoms with Gasteiger partial charge in [0.05, 0.1) is 0 Å². The summed E-state index contributed by atoms with van der Waals surface area (Å²) in [6.07, 6.45) is 0. The predicted octanol–water partition coefficient (Wildman–Crippen LogP) is 9.53. The van der Waals surface area contributed by atoms with Crippen LogP contribution in [0.1, 0.15) is 20.8 Å².